The Morgan fingerprint density at radius 3 is 2.67 bits per heavy atom. The van der Waals surface area contributed by atoms with Crippen molar-refractivity contribution in [1.29, 1.82) is 0 Å². The molecule has 1 N–H and O–H groups in total. The van der Waals surface area contributed by atoms with Crippen molar-refractivity contribution in [1.82, 2.24) is 19.6 Å². The van der Waals surface area contributed by atoms with Crippen LogP contribution in [0.15, 0.2) is 34.8 Å². The van der Waals surface area contributed by atoms with Crippen molar-refractivity contribution in [2.75, 3.05) is 5.32 Å². The lowest BCUT2D eigenvalue weighted by molar-refractivity contribution is 0.819. The summed E-state index contributed by atoms with van der Waals surface area (Å²) in [5.74, 6) is 2.34. The molecule has 3 aromatic rings. The van der Waals surface area contributed by atoms with E-state index in [1.165, 1.54) is 0 Å². The Morgan fingerprint density at radius 2 is 1.95 bits per heavy atom. The molecule has 0 unspecified atom stereocenters. The average Bonchev–Trinajstić information content (AvgIpc) is 2.84. The van der Waals surface area contributed by atoms with Crippen molar-refractivity contribution in [3.05, 3.63) is 46.3 Å². The maximum Gasteiger partial charge on any atom is 0.254 e. The Bertz CT molecular complexity index is 764. The van der Waals surface area contributed by atoms with Crippen LogP contribution in [0.2, 0.25) is 0 Å². The second-order valence-electron chi connectivity index (χ2n) is 4.90. The molecule has 5 nitrogen and oxygen atoms in total. The van der Waals surface area contributed by atoms with E-state index >= 15 is 0 Å². The highest BCUT2D eigenvalue weighted by Gasteiger charge is 2.09. The van der Waals surface area contributed by atoms with Crippen LogP contribution in [-0.4, -0.2) is 19.6 Å². The van der Waals surface area contributed by atoms with Crippen LogP contribution in [0, 0.1) is 6.92 Å². The van der Waals surface area contributed by atoms with E-state index in [4.69, 9.17) is 0 Å². The number of halogens is 1. The fraction of sp³-hybridized carbons (Fsp3) is 0.267. The Labute approximate surface area is 131 Å². The molecule has 0 fully saturated rings. The number of aryl methyl sites for hydroxylation is 2. The molecule has 108 valence electrons. The van der Waals surface area contributed by atoms with Crippen molar-refractivity contribution < 1.29 is 0 Å². The zero-order valence-electron chi connectivity index (χ0n) is 12.0. The van der Waals surface area contributed by atoms with Gasteiger partial charge in [0.25, 0.3) is 5.78 Å². The third-order valence-electron chi connectivity index (χ3n) is 3.07. The first-order valence-corrected chi connectivity index (χ1v) is 7.71. The quantitative estimate of drug-likeness (QED) is 0.779. The van der Waals surface area contributed by atoms with Gasteiger partial charge in [-0.15, -0.1) is 5.10 Å². The minimum Gasteiger partial charge on any atom is -0.340 e. The second-order valence-corrected chi connectivity index (χ2v) is 5.82. The average molecular weight is 346 g/mol. The first-order valence-electron chi connectivity index (χ1n) is 6.91. The summed E-state index contributed by atoms with van der Waals surface area (Å²) in [6.45, 7) is 4.08. The molecular weight excluding hydrogens is 330 g/mol. The van der Waals surface area contributed by atoms with Gasteiger partial charge in [-0.3, -0.25) is 0 Å². The molecule has 0 saturated carbocycles. The van der Waals surface area contributed by atoms with Crippen molar-refractivity contribution in [3.8, 4) is 0 Å². The van der Waals surface area contributed by atoms with Crippen LogP contribution in [0.1, 0.15) is 24.9 Å². The van der Waals surface area contributed by atoms with Crippen molar-refractivity contribution in [3.63, 3.8) is 0 Å². The summed E-state index contributed by atoms with van der Waals surface area (Å²) < 4.78 is 2.81. The molecule has 0 aliphatic heterocycles. The first-order chi connectivity index (χ1) is 10.2. The Hall–Kier alpha value is -1.95. The van der Waals surface area contributed by atoms with Crippen LogP contribution < -0.4 is 5.32 Å². The molecular formula is C15H16BrN5. The van der Waals surface area contributed by atoms with Gasteiger partial charge in [-0.05, 0) is 37.6 Å². The van der Waals surface area contributed by atoms with Gasteiger partial charge >= 0.3 is 0 Å². The van der Waals surface area contributed by atoms with Gasteiger partial charge in [0.2, 0.25) is 0 Å². The summed E-state index contributed by atoms with van der Waals surface area (Å²) in [4.78, 5) is 8.91. The summed E-state index contributed by atoms with van der Waals surface area (Å²) >= 11 is 3.44. The highest BCUT2D eigenvalue weighted by atomic mass is 79.9. The Kier molecular flexibility index (Phi) is 3.88. The molecule has 0 amide bonds. The monoisotopic (exact) mass is 345 g/mol. The smallest absolute Gasteiger partial charge is 0.254 e. The number of rotatable bonds is 4. The predicted octanol–water partition coefficient (Wildman–Crippen LogP) is 3.89. The molecule has 2 heterocycles. The molecule has 6 heteroatoms. The van der Waals surface area contributed by atoms with Crippen LogP contribution in [-0.2, 0) is 6.42 Å². The van der Waals surface area contributed by atoms with E-state index in [0.717, 1.165) is 40.3 Å². The molecule has 0 spiro atoms. The number of nitrogens with zero attached hydrogens (tertiary/aromatic N) is 4. The molecule has 0 saturated heterocycles. The van der Waals surface area contributed by atoms with Gasteiger partial charge in [0.1, 0.15) is 5.82 Å². The number of benzene rings is 1. The molecule has 0 aliphatic carbocycles. The third-order valence-corrected chi connectivity index (χ3v) is 3.60. The standard InChI is InChI=1S/C15H16BrN5/c1-3-4-13-19-15-17-10(2)9-14(21(15)20-13)18-12-7-5-11(16)6-8-12/h5-9,18H,3-4H2,1-2H3. The number of aromatic nitrogens is 4. The lowest BCUT2D eigenvalue weighted by atomic mass is 10.3. The molecule has 3 rings (SSSR count). The maximum absolute atomic E-state index is 4.53. The molecule has 2 aromatic heterocycles. The van der Waals surface area contributed by atoms with Gasteiger partial charge < -0.3 is 5.32 Å². The summed E-state index contributed by atoms with van der Waals surface area (Å²) in [7, 11) is 0. The first kappa shape index (κ1) is 14.0. The SMILES string of the molecule is CCCc1nc2nc(C)cc(Nc3ccc(Br)cc3)n2n1. The fourth-order valence-electron chi connectivity index (χ4n) is 2.13. The fourth-order valence-corrected chi connectivity index (χ4v) is 2.39. The van der Waals surface area contributed by atoms with Crippen molar-refractivity contribution in [2.45, 2.75) is 26.7 Å². The predicted molar refractivity (Wildman–Crippen MR) is 86.9 cm³/mol. The minimum absolute atomic E-state index is 0.637. The number of hydrogen-bond donors (Lipinski definition) is 1. The zero-order chi connectivity index (χ0) is 14.8. The van der Waals surface area contributed by atoms with E-state index in [0.29, 0.717) is 5.78 Å². The molecule has 0 bridgehead atoms. The van der Waals surface area contributed by atoms with Crippen LogP contribution in [0.5, 0.6) is 0 Å². The Morgan fingerprint density at radius 1 is 1.19 bits per heavy atom. The van der Waals surface area contributed by atoms with E-state index in [-0.39, 0.29) is 0 Å². The van der Waals surface area contributed by atoms with E-state index in [2.05, 4.69) is 43.2 Å². The number of nitrogens with one attached hydrogen (secondary N) is 1. The minimum atomic E-state index is 0.637. The molecule has 21 heavy (non-hydrogen) atoms. The Balaban J connectivity index is 2.01. The number of fused-ring (bicyclic) bond motifs is 1. The summed E-state index contributed by atoms with van der Waals surface area (Å²) in [6, 6.07) is 9.99. The van der Waals surface area contributed by atoms with Crippen LogP contribution >= 0.6 is 15.9 Å². The van der Waals surface area contributed by atoms with Crippen LogP contribution in [0.25, 0.3) is 5.78 Å². The highest BCUT2D eigenvalue weighted by molar-refractivity contribution is 9.10. The highest BCUT2D eigenvalue weighted by Crippen LogP contribution is 2.20. The van der Waals surface area contributed by atoms with E-state index in [1.54, 1.807) is 4.52 Å². The van der Waals surface area contributed by atoms with Gasteiger partial charge in [0, 0.05) is 28.3 Å². The van der Waals surface area contributed by atoms with Gasteiger partial charge in [0.05, 0.1) is 0 Å². The van der Waals surface area contributed by atoms with Gasteiger partial charge in [-0.25, -0.2) is 4.98 Å². The lowest BCUT2D eigenvalue weighted by Crippen LogP contribution is -2.02. The van der Waals surface area contributed by atoms with Gasteiger partial charge in [-0.1, -0.05) is 22.9 Å². The van der Waals surface area contributed by atoms with Gasteiger partial charge in [-0.2, -0.15) is 9.50 Å². The van der Waals surface area contributed by atoms with Gasteiger partial charge in [0.15, 0.2) is 5.82 Å². The van der Waals surface area contributed by atoms with Crippen LogP contribution in [0.3, 0.4) is 0 Å². The summed E-state index contributed by atoms with van der Waals surface area (Å²) in [5.41, 5.74) is 1.91. The topological polar surface area (TPSA) is 55.1 Å². The molecule has 0 radical (unpaired) electrons. The zero-order valence-corrected chi connectivity index (χ0v) is 13.6. The van der Waals surface area contributed by atoms with E-state index < -0.39 is 0 Å². The van der Waals surface area contributed by atoms with Crippen molar-refractivity contribution in [2.24, 2.45) is 0 Å². The number of anilines is 2. The van der Waals surface area contributed by atoms with Crippen LogP contribution in [0.4, 0.5) is 11.5 Å². The largest absolute Gasteiger partial charge is 0.340 e. The maximum atomic E-state index is 4.53. The molecule has 0 aliphatic rings. The summed E-state index contributed by atoms with van der Waals surface area (Å²) in [5, 5.41) is 7.90. The lowest BCUT2D eigenvalue weighted by Gasteiger charge is -2.08. The van der Waals surface area contributed by atoms with Crippen molar-refractivity contribution >= 4 is 33.2 Å². The third kappa shape index (κ3) is 3.05. The van der Waals surface area contributed by atoms with E-state index in [9.17, 15) is 0 Å². The second kappa shape index (κ2) is 5.81. The molecule has 0 atom stereocenters. The molecule has 1 aromatic carbocycles. The normalized spacial score (nSPS) is 11.0. The number of hydrogen-bond acceptors (Lipinski definition) is 4. The summed E-state index contributed by atoms with van der Waals surface area (Å²) in [6.07, 6.45) is 1.88. The van der Waals surface area contributed by atoms with E-state index in [1.807, 2.05) is 37.3 Å².